The van der Waals surface area contributed by atoms with Crippen LogP contribution in [0.4, 0.5) is 0 Å². The molecular formula is C15H18BrClN2O2. The van der Waals surface area contributed by atoms with Crippen LogP contribution in [0, 0.1) is 0 Å². The zero-order valence-electron chi connectivity index (χ0n) is 12.1. The average Bonchev–Trinajstić information content (AvgIpc) is 2.46. The molecule has 2 rings (SSSR count). The molecule has 2 amide bonds. The molecule has 1 fully saturated rings. The minimum Gasteiger partial charge on any atom is -0.345 e. The summed E-state index contributed by atoms with van der Waals surface area (Å²) >= 11 is 9.61. The normalized spacial score (nSPS) is 17.8. The summed E-state index contributed by atoms with van der Waals surface area (Å²) in [5.74, 6) is -0.155. The Labute approximate surface area is 138 Å². The molecule has 0 aromatic heterocycles. The number of nitrogens with one attached hydrogen (secondary N) is 1. The fourth-order valence-corrected chi connectivity index (χ4v) is 3.52. The third kappa shape index (κ3) is 2.94. The van der Waals surface area contributed by atoms with Crippen LogP contribution in [-0.4, -0.2) is 28.8 Å². The molecule has 0 saturated carbocycles. The molecule has 4 nitrogen and oxygen atoms in total. The molecule has 1 aliphatic rings. The maximum absolute atomic E-state index is 12.3. The number of rotatable bonds is 4. The van der Waals surface area contributed by atoms with E-state index in [1.54, 1.807) is 11.0 Å². The van der Waals surface area contributed by atoms with Crippen molar-refractivity contribution in [3.63, 3.8) is 0 Å². The predicted octanol–water partition coefficient (Wildman–Crippen LogP) is 3.12. The molecule has 1 aliphatic heterocycles. The second-order valence-electron chi connectivity index (χ2n) is 5.14. The average molecular weight is 374 g/mol. The van der Waals surface area contributed by atoms with E-state index in [1.165, 1.54) is 0 Å². The maximum atomic E-state index is 12.3. The van der Waals surface area contributed by atoms with Crippen molar-refractivity contribution in [3.8, 4) is 0 Å². The zero-order chi connectivity index (χ0) is 15.6. The molecule has 1 saturated heterocycles. The molecule has 1 heterocycles. The molecule has 0 atom stereocenters. The van der Waals surface area contributed by atoms with Gasteiger partial charge in [0.1, 0.15) is 5.54 Å². The van der Waals surface area contributed by atoms with Crippen LogP contribution in [0.2, 0.25) is 5.02 Å². The van der Waals surface area contributed by atoms with E-state index in [4.69, 9.17) is 11.6 Å². The third-order valence-electron chi connectivity index (χ3n) is 4.15. The summed E-state index contributed by atoms with van der Waals surface area (Å²) in [4.78, 5) is 26.3. The van der Waals surface area contributed by atoms with Crippen molar-refractivity contribution in [2.45, 2.75) is 38.8 Å². The number of hydrogen-bond acceptors (Lipinski definition) is 2. The molecule has 1 N–H and O–H groups in total. The summed E-state index contributed by atoms with van der Waals surface area (Å²) in [5, 5.41) is 3.28. The summed E-state index contributed by atoms with van der Waals surface area (Å²) in [6.07, 6.45) is 1.16. The van der Waals surface area contributed by atoms with Crippen molar-refractivity contribution in [3.05, 3.63) is 33.3 Å². The van der Waals surface area contributed by atoms with Crippen molar-refractivity contribution in [2.75, 3.05) is 6.54 Å². The highest BCUT2D eigenvalue weighted by molar-refractivity contribution is 9.10. The standard InChI is InChI=1S/C15H18BrClN2O2/c1-3-15(4-2)14(21)18-8-13(20)19(15)9-10-5-6-11(16)7-12(10)17/h5-7H,3-4,8-9H2,1-2H3,(H,18,21). The van der Waals surface area contributed by atoms with Crippen LogP contribution >= 0.6 is 27.5 Å². The van der Waals surface area contributed by atoms with Gasteiger partial charge in [0, 0.05) is 16.0 Å². The molecule has 1 aromatic carbocycles. The molecule has 0 spiro atoms. The first kappa shape index (κ1) is 16.3. The van der Waals surface area contributed by atoms with Gasteiger partial charge in [0.15, 0.2) is 0 Å². The largest absolute Gasteiger partial charge is 0.345 e. The number of halogens is 2. The SMILES string of the molecule is CCC1(CC)C(=O)NCC(=O)N1Cc1ccc(Br)cc1Cl. The highest BCUT2D eigenvalue weighted by Crippen LogP contribution is 2.31. The zero-order valence-corrected chi connectivity index (χ0v) is 14.4. The Morgan fingerprint density at radius 1 is 1.33 bits per heavy atom. The molecule has 114 valence electrons. The lowest BCUT2D eigenvalue weighted by Gasteiger charge is -2.45. The lowest BCUT2D eigenvalue weighted by molar-refractivity contribution is -0.155. The number of carbonyl (C=O) groups excluding carboxylic acids is 2. The fraction of sp³-hybridized carbons (Fsp3) is 0.467. The molecule has 21 heavy (non-hydrogen) atoms. The van der Waals surface area contributed by atoms with Crippen LogP contribution in [0.25, 0.3) is 0 Å². The Kier molecular flexibility index (Phi) is 4.94. The molecule has 6 heteroatoms. The second-order valence-corrected chi connectivity index (χ2v) is 6.46. The van der Waals surface area contributed by atoms with Crippen molar-refractivity contribution < 1.29 is 9.59 Å². The number of carbonyl (C=O) groups is 2. The van der Waals surface area contributed by atoms with Gasteiger partial charge in [0.05, 0.1) is 6.54 Å². The summed E-state index contributed by atoms with van der Waals surface area (Å²) < 4.78 is 0.885. The number of hydrogen-bond donors (Lipinski definition) is 1. The first-order valence-corrected chi connectivity index (χ1v) is 8.14. The van der Waals surface area contributed by atoms with E-state index in [0.717, 1.165) is 10.0 Å². The highest BCUT2D eigenvalue weighted by atomic mass is 79.9. The van der Waals surface area contributed by atoms with Gasteiger partial charge in [-0.05, 0) is 30.5 Å². The fourth-order valence-electron chi connectivity index (χ4n) is 2.79. The van der Waals surface area contributed by atoms with Crippen LogP contribution < -0.4 is 5.32 Å². The van der Waals surface area contributed by atoms with Crippen molar-refractivity contribution in [2.24, 2.45) is 0 Å². The second kappa shape index (κ2) is 6.36. The Bertz CT molecular complexity index is 573. The topological polar surface area (TPSA) is 49.4 Å². The van der Waals surface area contributed by atoms with Gasteiger partial charge in [-0.25, -0.2) is 0 Å². The van der Waals surface area contributed by atoms with E-state index < -0.39 is 5.54 Å². The number of piperazine rings is 1. The molecule has 0 bridgehead atoms. The Morgan fingerprint density at radius 2 is 2.00 bits per heavy atom. The molecule has 0 aliphatic carbocycles. The first-order valence-electron chi connectivity index (χ1n) is 6.97. The molecule has 0 unspecified atom stereocenters. The van der Waals surface area contributed by atoms with Gasteiger partial charge in [0.25, 0.3) is 0 Å². The minimum atomic E-state index is -0.786. The van der Waals surface area contributed by atoms with Crippen LogP contribution in [-0.2, 0) is 16.1 Å². The lowest BCUT2D eigenvalue weighted by Crippen LogP contribution is -2.66. The first-order chi connectivity index (χ1) is 9.94. The number of benzene rings is 1. The van der Waals surface area contributed by atoms with Gasteiger partial charge in [-0.3, -0.25) is 9.59 Å². The van der Waals surface area contributed by atoms with Gasteiger partial charge < -0.3 is 10.2 Å². The van der Waals surface area contributed by atoms with Crippen LogP contribution in [0.3, 0.4) is 0 Å². The van der Waals surface area contributed by atoms with Gasteiger partial charge in [0.2, 0.25) is 11.8 Å². The smallest absolute Gasteiger partial charge is 0.246 e. The van der Waals surface area contributed by atoms with E-state index in [0.29, 0.717) is 24.4 Å². The van der Waals surface area contributed by atoms with Crippen LogP contribution in [0.15, 0.2) is 22.7 Å². The summed E-state index contributed by atoms with van der Waals surface area (Å²) in [7, 11) is 0. The van der Waals surface area contributed by atoms with Crippen LogP contribution in [0.1, 0.15) is 32.3 Å². The summed E-state index contributed by atoms with van der Waals surface area (Å²) in [5.41, 5.74) is 0.0559. The summed E-state index contributed by atoms with van der Waals surface area (Å²) in [6.45, 7) is 4.25. The quantitative estimate of drug-likeness (QED) is 0.881. The molecular weight excluding hydrogens is 356 g/mol. The van der Waals surface area contributed by atoms with Crippen molar-refractivity contribution in [1.82, 2.24) is 10.2 Å². The molecule has 0 radical (unpaired) electrons. The van der Waals surface area contributed by atoms with E-state index in [9.17, 15) is 9.59 Å². The Morgan fingerprint density at radius 3 is 2.57 bits per heavy atom. The predicted molar refractivity (Wildman–Crippen MR) is 86.0 cm³/mol. The van der Waals surface area contributed by atoms with E-state index in [-0.39, 0.29) is 18.4 Å². The van der Waals surface area contributed by atoms with Gasteiger partial charge in [-0.15, -0.1) is 0 Å². The molecule has 1 aromatic rings. The van der Waals surface area contributed by atoms with E-state index in [2.05, 4.69) is 21.2 Å². The Hall–Kier alpha value is -1.07. The van der Waals surface area contributed by atoms with Crippen LogP contribution in [0.5, 0.6) is 0 Å². The minimum absolute atomic E-state index is 0.0503. The van der Waals surface area contributed by atoms with E-state index in [1.807, 2.05) is 26.0 Å². The van der Waals surface area contributed by atoms with Gasteiger partial charge in [-0.2, -0.15) is 0 Å². The maximum Gasteiger partial charge on any atom is 0.246 e. The van der Waals surface area contributed by atoms with Gasteiger partial charge in [-0.1, -0.05) is 47.4 Å². The van der Waals surface area contributed by atoms with Gasteiger partial charge >= 0.3 is 0 Å². The van der Waals surface area contributed by atoms with Crippen molar-refractivity contribution in [1.29, 1.82) is 0 Å². The van der Waals surface area contributed by atoms with Crippen molar-refractivity contribution >= 4 is 39.3 Å². The lowest BCUT2D eigenvalue weighted by atomic mass is 9.87. The third-order valence-corrected chi connectivity index (χ3v) is 5.00. The summed E-state index contributed by atoms with van der Waals surface area (Å²) in [6, 6.07) is 5.56. The highest BCUT2D eigenvalue weighted by Gasteiger charge is 2.46. The monoisotopic (exact) mass is 372 g/mol. The number of amides is 2. The Balaban J connectivity index is 2.37. The number of nitrogens with zero attached hydrogens (tertiary/aromatic N) is 1. The van der Waals surface area contributed by atoms with E-state index >= 15 is 0 Å².